The number of para-hydroxylation sites is 1. The predicted molar refractivity (Wildman–Crippen MR) is 93.0 cm³/mol. The van der Waals surface area contributed by atoms with Gasteiger partial charge in [-0.3, -0.25) is 4.90 Å². The van der Waals surface area contributed by atoms with E-state index in [4.69, 9.17) is 9.15 Å². The second-order valence-corrected chi connectivity index (χ2v) is 6.67. The molecule has 0 radical (unpaired) electrons. The van der Waals surface area contributed by atoms with E-state index in [-0.39, 0.29) is 18.0 Å². The van der Waals surface area contributed by atoms with Crippen molar-refractivity contribution in [1.29, 1.82) is 0 Å². The van der Waals surface area contributed by atoms with E-state index in [0.717, 1.165) is 24.4 Å². The van der Waals surface area contributed by atoms with E-state index in [9.17, 15) is 4.39 Å². The van der Waals surface area contributed by atoms with Crippen LogP contribution < -0.4 is 0 Å². The Kier molecular flexibility index (Phi) is 4.46. The lowest BCUT2D eigenvalue weighted by molar-refractivity contribution is -0.0924. The van der Waals surface area contributed by atoms with Gasteiger partial charge in [-0.25, -0.2) is 9.37 Å². The fourth-order valence-corrected chi connectivity index (χ4v) is 3.58. The van der Waals surface area contributed by atoms with Gasteiger partial charge in [-0.2, -0.15) is 0 Å². The Morgan fingerprint density at radius 3 is 2.85 bits per heavy atom. The number of aryl methyl sites for hydroxylation is 2. The molecular formula is C18H22FN5O2. The Morgan fingerprint density at radius 2 is 2.12 bits per heavy atom. The van der Waals surface area contributed by atoms with Crippen LogP contribution in [0.15, 0.2) is 22.6 Å². The molecule has 0 aliphatic carbocycles. The smallest absolute Gasteiger partial charge is 0.246 e. The molecule has 1 saturated heterocycles. The number of hydrogen-bond donors (Lipinski definition) is 0. The molecule has 0 saturated carbocycles. The molecule has 0 unspecified atom stereocenters. The van der Waals surface area contributed by atoms with Crippen LogP contribution in [-0.2, 0) is 17.8 Å². The van der Waals surface area contributed by atoms with E-state index in [1.807, 2.05) is 19.9 Å². The molecule has 1 aromatic carbocycles. The molecule has 1 aliphatic rings. The van der Waals surface area contributed by atoms with Crippen LogP contribution in [0.2, 0.25) is 0 Å². The molecule has 0 bridgehead atoms. The minimum absolute atomic E-state index is 0.0251. The first kappa shape index (κ1) is 17.1. The van der Waals surface area contributed by atoms with Gasteiger partial charge in [-0.1, -0.05) is 6.07 Å². The van der Waals surface area contributed by atoms with E-state index in [1.165, 1.54) is 6.07 Å². The highest BCUT2D eigenvalue weighted by Gasteiger charge is 2.31. The van der Waals surface area contributed by atoms with Gasteiger partial charge in [0.05, 0.1) is 18.2 Å². The minimum atomic E-state index is -0.287. The fourth-order valence-electron chi connectivity index (χ4n) is 3.58. The Balaban J connectivity index is 1.60. The second kappa shape index (κ2) is 6.77. The van der Waals surface area contributed by atoms with E-state index < -0.39 is 0 Å². The van der Waals surface area contributed by atoms with Crippen LogP contribution in [0.25, 0.3) is 11.0 Å². The summed E-state index contributed by atoms with van der Waals surface area (Å²) >= 11 is 0. The zero-order valence-corrected chi connectivity index (χ0v) is 15.1. The van der Waals surface area contributed by atoms with Crippen molar-refractivity contribution in [1.82, 2.24) is 24.6 Å². The van der Waals surface area contributed by atoms with Crippen LogP contribution in [0.3, 0.4) is 0 Å². The maximum Gasteiger partial charge on any atom is 0.246 e. The van der Waals surface area contributed by atoms with Gasteiger partial charge in [0.1, 0.15) is 17.4 Å². The average Bonchev–Trinajstić information content (AvgIpc) is 3.18. The molecule has 26 heavy (non-hydrogen) atoms. The molecule has 8 heteroatoms. The van der Waals surface area contributed by atoms with Gasteiger partial charge in [0.2, 0.25) is 11.8 Å². The van der Waals surface area contributed by atoms with Crippen molar-refractivity contribution in [2.24, 2.45) is 0 Å². The van der Waals surface area contributed by atoms with Crippen LogP contribution in [0.4, 0.5) is 4.39 Å². The van der Waals surface area contributed by atoms with Gasteiger partial charge in [0.15, 0.2) is 5.82 Å². The van der Waals surface area contributed by atoms with Crippen LogP contribution >= 0.6 is 0 Å². The summed E-state index contributed by atoms with van der Waals surface area (Å²) in [6.45, 7) is 8.56. The van der Waals surface area contributed by atoms with Gasteiger partial charge in [0.25, 0.3) is 0 Å². The first-order valence-corrected chi connectivity index (χ1v) is 8.86. The SMILES string of the molecule is CCn1c(CN2C[C@@H](C)O[C@@H](c3nnc(C)o3)C2)nc2c(F)cccc21. The third kappa shape index (κ3) is 3.10. The number of morpholine rings is 1. The number of nitrogens with zero attached hydrogens (tertiary/aromatic N) is 5. The third-order valence-corrected chi connectivity index (χ3v) is 4.64. The fraction of sp³-hybridized carbons (Fsp3) is 0.500. The number of benzene rings is 1. The molecule has 2 aromatic heterocycles. The van der Waals surface area contributed by atoms with Gasteiger partial charge < -0.3 is 13.7 Å². The van der Waals surface area contributed by atoms with E-state index in [2.05, 4.69) is 24.6 Å². The molecule has 0 spiro atoms. The highest BCUT2D eigenvalue weighted by atomic mass is 19.1. The van der Waals surface area contributed by atoms with Gasteiger partial charge >= 0.3 is 0 Å². The average molecular weight is 359 g/mol. The molecule has 4 rings (SSSR count). The van der Waals surface area contributed by atoms with E-state index in [0.29, 0.717) is 30.4 Å². The first-order valence-electron chi connectivity index (χ1n) is 8.86. The Hall–Kier alpha value is -2.32. The topological polar surface area (TPSA) is 69.2 Å². The molecule has 0 amide bonds. The first-order chi connectivity index (χ1) is 12.5. The van der Waals surface area contributed by atoms with Crippen LogP contribution in [0.1, 0.15) is 37.6 Å². The number of hydrogen-bond acceptors (Lipinski definition) is 6. The molecular weight excluding hydrogens is 337 g/mol. The molecule has 1 aliphatic heterocycles. The molecule has 0 N–H and O–H groups in total. The molecule has 1 fully saturated rings. The number of fused-ring (bicyclic) bond motifs is 1. The van der Waals surface area contributed by atoms with Crippen molar-refractivity contribution < 1.29 is 13.5 Å². The van der Waals surface area contributed by atoms with Crippen LogP contribution in [-0.4, -0.2) is 43.8 Å². The summed E-state index contributed by atoms with van der Waals surface area (Å²) in [6.07, 6.45) is -0.242. The van der Waals surface area contributed by atoms with Gasteiger partial charge in [-0.05, 0) is 26.0 Å². The van der Waals surface area contributed by atoms with Crippen molar-refractivity contribution in [3.05, 3.63) is 41.6 Å². The standard InChI is InChI=1S/C18H22FN5O2/c1-4-24-14-7-5-6-13(19)17(14)20-16(24)10-23-8-11(2)25-15(9-23)18-22-21-12(3)26-18/h5-7,11,15H,4,8-10H2,1-3H3/t11-,15-/m1/s1. The summed E-state index contributed by atoms with van der Waals surface area (Å²) in [5.74, 6) is 1.58. The summed E-state index contributed by atoms with van der Waals surface area (Å²) in [4.78, 5) is 6.80. The lowest BCUT2D eigenvalue weighted by atomic mass is 10.2. The highest BCUT2D eigenvalue weighted by molar-refractivity contribution is 5.76. The third-order valence-electron chi connectivity index (χ3n) is 4.64. The zero-order chi connectivity index (χ0) is 18.3. The maximum absolute atomic E-state index is 14.1. The highest BCUT2D eigenvalue weighted by Crippen LogP contribution is 2.26. The largest absolute Gasteiger partial charge is 0.423 e. The van der Waals surface area contributed by atoms with Crippen LogP contribution in [0.5, 0.6) is 0 Å². The van der Waals surface area contributed by atoms with Gasteiger partial charge in [-0.15, -0.1) is 10.2 Å². The Morgan fingerprint density at radius 1 is 1.27 bits per heavy atom. The monoisotopic (exact) mass is 359 g/mol. The normalized spacial score (nSPS) is 21.5. The molecule has 2 atom stereocenters. The number of aromatic nitrogens is 4. The zero-order valence-electron chi connectivity index (χ0n) is 15.1. The van der Waals surface area contributed by atoms with E-state index in [1.54, 1.807) is 13.0 Å². The number of rotatable bonds is 4. The summed E-state index contributed by atoms with van der Waals surface area (Å²) in [6, 6.07) is 5.08. The molecule has 3 heterocycles. The second-order valence-electron chi connectivity index (χ2n) is 6.67. The Bertz CT molecular complexity index is 922. The summed E-state index contributed by atoms with van der Waals surface area (Å²) in [5.41, 5.74) is 1.25. The van der Waals surface area contributed by atoms with Crippen molar-refractivity contribution in [2.45, 2.75) is 46.1 Å². The summed E-state index contributed by atoms with van der Waals surface area (Å²) < 4.78 is 27.7. The maximum atomic E-state index is 14.1. The molecule has 3 aromatic rings. The minimum Gasteiger partial charge on any atom is -0.423 e. The van der Waals surface area contributed by atoms with Crippen molar-refractivity contribution in [3.63, 3.8) is 0 Å². The summed E-state index contributed by atoms with van der Waals surface area (Å²) in [5, 5.41) is 7.98. The van der Waals surface area contributed by atoms with Crippen molar-refractivity contribution in [3.8, 4) is 0 Å². The van der Waals surface area contributed by atoms with Crippen molar-refractivity contribution >= 4 is 11.0 Å². The predicted octanol–water partition coefficient (Wildman–Crippen LogP) is 2.85. The Labute approximate surface area is 150 Å². The van der Waals surface area contributed by atoms with Gasteiger partial charge in [0, 0.05) is 26.6 Å². The number of halogens is 1. The number of ether oxygens (including phenoxy) is 1. The van der Waals surface area contributed by atoms with Crippen LogP contribution in [0, 0.1) is 12.7 Å². The lowest BCUT2D eigenvalue weighted by Gasteiger charge is -2.35. The summed E-state index contributed by atoms with van der Waals surface area (Å²) in [7, 11) is 0. The molecule has 7 nitrogen and oxygen atoms in total. The van der Waals surface area contributed by atoms with Crippen molar-refractivity contribution in [2.75, 3.05) is 13.1 Å². The molecule has 138 valence electrons. The van der Waals surface area contributed by atoms with E-state index >= 15 is 0 Å². The lowest BCUT2D eigenvalue weighted by Crippen LogP contribution is -2.42. The number of imidazole rings is 1. The quantitative estimate of drug-likeness (QED) is 0.713.